The van der Waals surface area contributed by atoms with Crippen LogP contribution >= 0.6 is 18.9 Å². The monoisotopic (exact) mass is 346 g/mol. The maximum Gasteiger partial charge on any atom is 0.369 e. The van der Waals surface area contributed by atoms with E-state index in [4.69, 9.17) is 14.2 Å². The molecule has 0 aliphatic rings. The summed E-state index contributed by atoms with van der Waals surface area (Å²) in [6.07, 6.45) is 0. The second-order valence-electron chi connectivity index (χ2n) is 4.42. The normalized spacial score (nSPS) is 13.4. The first-order valence-corrected chi connectivity index (χ1v) is 9.13. The Labute approximate surface area is 131 Å². The molecule has 120 valence electrons. The van der Waals surface area contributed by atoms with Gasteiger partial charge in [-0.2, -0.15) is 0 Å². The molecule has 0 bridgehead atoms. The Balaban J connectivity index is 2.40. The standard InChI is InChI=1S/C14H16FO5PS/c1-3-19-21(18,20-4-2)13(15)9-5-6-11-10(7-9)8-12(22-11)14(16)17/h5-8,13H,3-4H2,1-2H3,(H,16,17)/t13-/m1/s1. The topological polar surface area (TPSA) is 72.8 Å². The zero-order valence-corrected chi connectivity index (χ0v) is 13.8. The van der Waals surface area contributed by atoms with Gasteiger partial charge in [0.1, 0.15) is 4.88 Å². The smallest absolute Gasteiger partial charge is 0.369 e. The number of carboxylic acids is 1. The molecule has 0 saturated heterocycles. The number of benzene rings is 1. The fourth-order valence-corrected chi connectivity index (χ4v) is 4.49. The minimum atomic E-state index is -3.90. The summed E-state index contributed by atoms with van der Waals surface area (Å²) in [6.45, 7) is 3.36. The summed E-state index contributed by atoms with van der Waals surface area (Å²) in [5.41, 5.74) is 0.146. The Morgan fingerprint density at radius 1 is 1.32 bits per heavy atom. The van der Waals surface area contributed by atoms with E-state index in [1.54, 1.807) is 19.9 Å². The fourth-order valence-electron chi connectivity index (χ4n) is 2.03. The molecule has 2 aromatic rings. The van der Waals surface area contributed by atoms with Crippen molar-refractivity contribution in [3.05, 3.63) is 34.7 Å². The van der Waals surface area contributed by atoms with Crippen molar-refractivity contribution in [3.63, 3.8) is 0 Å². The van der Waals surface area contributed by atoms with Crippen molar-refractivity contribution in [1.82, 2.24) is 0 Å². The molecule has 22 heavy (non-hydrogen) atoms. The molecule has 5 nitrogen and oxygen atoms in total. The Bertz CT molecular complexity index is 719. The number of aromatic carboxylic acids is 1. The minimum absolute atomic E-state index is 0.0710. The van der Waals surface area contributed by atoms with Gasteiger partial charge in [0.15, 0.2) is 0 Å². The number of rotatable bonds is 7. The van der Waals surface area contributed by atoms with Crippen molar-refractivity contribution >= 4 is 35.0 Å². The first-order chi connectivity index (χ1) is 10.4. The van der Waals surface area contributed by atoms with Crippen molar-refractivity contribution in [2.24, 2.45) is 0 Å². The van der Waals surface area contributed by atoms with Gasteiger partial charge in [-0.3, -0.25) is 4.57 Å². The number of halogens is 1. The van der Waals surface area contributed by atoms with E-state index in [2.05, 4.69) is 0 Å². The third kappa shape index (κ3) is 3.38. The Hall–Kier alpha value is -1.27. The number of hydrogen-bond donors (Lipinski definition) is 1. The van der Waals surface area contributed by atoms with Crippen LogP contribution in [0.2, 0.25) is 0 Å². The molecule has 0 radical (unpaired) electrons. The van der Waals surface area contributed by atoms with E-state index in [-0.39, 0.29) is 23.7 Å². The van der Waals surface area contributed by atoms with Gasteiger partial charge in [-0.1, -0.05) is 6.07 Å². The molecule has 0 aliphatic carbocycles. The van der Waals surface area contributed by atoms with E-state index < -0.39 is 19.5 Å². The molecule has 1 aromatic carbocycles. The lowest BCUT2D eigenvalue weighted by Gasteiger charge is -2.20. The predicted molar refractivity (Wildman–Crippen MR) is 83.5 cm³/mol. The van der Waals surface area contributed by atoms with Gasteiger partial charge in [0.2, 0.25) is 5.91 Å². The number of alkyl halides is 1. The number of thiophene rings is 1. The van der Waals surface area contributed by atoms with E-state index in [1.165, 1.54) is 18.2 Å². The lowest BCUT2D eigenvalue weighted by atomic mass is 10.2. The number of carbonyl (C=O) groups is 1. The van der Waals surface area contributed by atoms with Crippen LogP contribution in [0.1, 0.15) is 35.0 Å². The van der Waals surface area contributed by atoms with Crippen LogP contribution in [0.25, 0.3) is 10.1 Å². The molecule has 0 saturated carbocycles. The average Bonchev–Trinajstić information content (AvgIpc) is 2.90. The maximum absolute atomic E-state index is 14.6. The molecule has 1 N–H and O–H groups in total. The highest BCUT2D eigenvalue weighted by molar-refractivity contribution is 7.54. The molecular formula is C14H16FO5PS. The molecule has 2 rings (SSSR count). The van der Waals surface area contributed by atoms with Gasteiger partial charge in [-0.15, -0.1) is 11.3 Å². The number of carboxylic acid groups (broad SMARTS) is 1. The molecule has 8 heteroatoms. The quantitative estimate of drug-likeness (QED) is 0.727. The summed E-state index contributed by atoms with van der Waals surface area (Å²) in [5.74, 6) is -2.95. The zero-order chi connectivity index (χ0) is 16.3. The first-order valence-electron chi connectivity index (χ1n) is 6.71. The SMILES string of the molecule is CCOP(=O)(OCC)[C@@H](F)c1ccc2sc(C(=O)O)cc2c1. The van der Waals surface area contributed by atoms with Crippen molar-refractivity contribution in [2.75, 3.05) is 13.2 Å². The molecular weight excluding hydrogens is 330 g/mol. The fraction of sp³-hybridized carbons (Fsp3) is 0.357. The van der Waals surface area contributed by atoms with Gasteiger partial charge in [-0.25, -0.2) is 9.18 Å². The van der Waals surface area contributed by atoms with E-state index in [1.807, 2.05) is 0 Å². The highest BCUT2D eigenvalue weighted by Gasteiger charge is 2.37. The van der Waals surface area contributed by atoms with Crippen LogP contribution in [0, 0.1) is 0 Å². The second-order valence-corrected chi connectivity index (χ2v) is 7.56. The molecule has 0 spiro atoms. The van der Waals surface area contributed by atoms with Crippen molar-refractivity contribution < 1.29 is 27.9 Å². The van der Waals surface area contributed by atoms with Crippen LogP contribution in [0.3, 0.4) is 0 Å². The molecule has 0 fully saturated rings. The lowest BCUT2D eigenvalue weighted by molar-refractivity contribution is 0.0702. The Morgan fingerprint density at radius 3 is 2.50 bits per heavy atom. The van der Waals surface area contributed by atoms with E-state index in [0.717, 1.165) is 16.0 Å². The lowest BCUT2D eigenvalue weighted by Crippen LogP contribution is -2.02. The summed E-state index contributed by atoms with van der Waals surface area (Å²) in [7, 11) is -3.90. The van der Waals surface area contributed by atoms with Gasteiger partial charge >= 0.3 is 13.6 Å². The van der Waals surface area contributed by atoms with Crippen LogP contribution in [0.15, 0.2) is 24.3 Å². The van der Waals surface area contributed by atoms with E-state index in [0.29, 0.717) is 5.39 Å². The van der Waals surface area contributed by atoms with E-state index in [9.17, 15) is 13.8 Å². The van der Waals surface area contributed by atoms with Crippen LogP contribution in [0.4, 0.5) is 4.39 Å². The Kier molecular flexibility index (Phi) is 5.34. The molecule has 1 heterocycles. The van der Waals surface area contributed by atoms with Gasteiger partial charge in [0.05, 0.1) is 13.2 Å². The van der Waals surface area contributed by atoms with Crippen molar-refractivity contribution in [2.45, 2.75) is 19.8 Å². The van der Waals surface area contributed by atoms with Crippen LogP contribution in [0.5, 0.6) is 0 Å². The molecule has 1 atom stereocenters. The largest absolute Gasteiger partial charge is 0.477 e. The van der Waals surface area contributed by atoms with Crippen LogP contribution in [-0.2, 0) is 13.6 Å². The molecule has 0 aliphatic heterocycles. The maximum atomic E-state index is 14.6. The van der Waals surface area contributed by atoms with Crippen LogP contribution in [-0.4, -0.2) is 24.3 Å². The number of fused-ring (bicyclic) bond motifs is 1. The second kappa shape index (κ2) is 6.87. The summed E-state index contributed by atoms with van der Waals surface area (Å²) in [5, 5.41) is 9.57. The summed E-state index contributed by atoms with van der Waals surface area (Å²) in [6, 6.07) is 6.02. The highest BCUT2D eigenvalue weighted by atomic mass is 32.1. The van der Waals surface area contributed by atoms with Crippen LogP contribution < -0.4 is 0 Å². The highest BCUT2D eigenvalue weighted by Crippen LogP contribution is 2.61. The van der Waals surface area contributed by atoms with Crippen molar-refractivity contribution in [1.29, 1.82) is 0 Å². The van der Waals surface area contributed by atoms with Gasteiger partial charge < -0.3 is 14.2 Å². The average molecular weight is 346 g/mol. The van der Waals surface area contributed by atoms with E-state index >= 15 is 0 Å². The summed E-state index contributed by atoms with van der Waals surface area (Å²) in [4.78, 5) is 11.1. The third-order valence-corrected chi connectivity index (χ3v) is 6.12. The van der Waals surface area contributed by atoms with Gasteiger partial charge in [0, 0.05) is 4.70 Å². The summed E-state index contributed by atoms with van der Waals surface area (Å²) < 4.78 is 37.8. The molecule has 0 amide bonds. The predicted octanol–water partition coefficient (Wildman–Crippen LogP) is 4.83. The third-order valence-electron chi connectivity index (χ3n) is 2.92. The van der Waals surface area contributed by atoms with Gasteiger partial charge in [-0.05, 0) is 43.0 Å². The first kappa shape index (κ1) is 17.1. The molecule has 0 unspecified atom stereocenters. The van der Waals surface area contributed by atoms with Crippen molar-refractivity contribution in [3.8, 4) is 0 Å². The minimum Gasteiger partial charge on any atom is -0.477 e. The molecule has 1 aromatic heterocycles. The number of hydrogen-bond acceptors (Lipinski definition) is 5. The summed E-state index contributed by atoms with van der Waals surface area (Å²) >= 11 is 1.10. The Morgan fingerprint density at radius 2 is 1.95 bits per heavy atom. The van der Waals surface area contributed by atoms with Gasteiger partial charge in [0.25, 0.3) is 0 Å². The zero-order valence-electron chi connectivity index (χ0n) is 12.1.